The quantitative estimate of drug-likeness (QED) is 0.836. The number of para-hydroxylation sites is 1. The summed E-state index contributed by atoms with van der Waals surface area (Å²) in [7, 11) is 1.99. The molecule has 0 spiro atoms. The number of hydrogen-bond acceptors (Lipinski definition) is 3. The van der Waals surface area contributed by atoms with E-state index in [1.54, 1.807) is 0 Å². The number of rotatable bonds is 6. The molecule has 0 radical (unpaired) electrons. The van der Waals surface area contributed by atoms with Gasteiger partial charge in [-0.15, -0.1) is 0 Å². The Morgan fingerprint density at radius 2 is 1.94 bits per heavy atom. The van der Waals surface area contributed by atoms with Crippen molar-refractivity contribution in [3.8, 4) is 0 Å². The molecule has 2 unspecified atom stereocenters. The van der Waals surface area contributed by atoms with E-state index in [4.69, 9.17) is 4.74 Å². The summed E-state index contributed by atoms with van der Waals surface area (Å²) in [5.74, 6) is 0. The van der Waals surface area contributed by atoms with Gasteiger partial charge in [0, 0.05) is 25.3 Å². The number of nitrogens with zero attached hydrogens (tertiary/aromatic N) is 1. The van der Waals surface area contributed by atoms with Crippen molar-refractivity contribution in [1.29, 1.82) is 0 Å². The lowest BCUT2D eigenvalue weighted by molar-refractivity contribution is 0.0506. The van der Waals surface area contributed by atoms with E-state index in [2.05, 4.69) is 47.5 Å². The fraction of sp³-hybridized carbons (Fsp3) is 0.600. The Hall–Kier alpha value is -1.06. The predicted octanol–water partition coefficient (Wildman–Crippen LogP) is 2.28. The van der Waals surface area contributed by atoms with Crippen molar-refractivity contribution >= 4 is 5.69 Å². The molecule has 1 saturated heterocycles. The average Bonchev–Trinajstić information content (AvgIpc) is 2.85. The number of nitrogens with one attached hydrogen (secondary N) is 1. The van der Waals surface area contributed by atoms with Crippen LogP contribution in [0.1, 0.15) is 19.8 Å². The highest BCUT2D eigenvalue weighted by Gasteiger charge is 2.26. The van der Waals surface area contributed by atoms with Gasteiger partial charge in [-0.2, -0.15) is 0 Å². The Balaban J connectivity index is 1.88. The Kier molecular flexibility index (Phi) is 5.02. The summed E-state index contributed by atoms with van der Waals surface area (Å²) in [6.45, 7) is 5.20. The monoisotopic (exact) mass is 248 g/mol. The van der Waals surface area contributed by atoms with E-state index in [1.165, 1.54) is 18.5 Å². The molecule has 1 aromatic rings. The lowest BCUT2D eigenvalue weighted by atomic mass is 10.1. The number of hydrogen-bond donors (Lipinski definition) is 1. The third-order valence-electron chi connectivity index (χ3n) is 3.55. The van der Waals surface area contributed by atoms with Gasteiger partial charge in [-0.25, -0.2) is 0 Å². The number of anilines is 1. The highest BCUT2D eigenvalue weighted by molar-refractivity contribution is 5.45. The fourth-order valence-electron chi connectivity index (χ4n) is 2.59. The lowest BCUT2D eigenvalue weighted by Crippen LogP contribution is -2.33. The molecule has 1 fully saturated rings. The van der Waals surface area contributed by atoms with Crippen molar-refractivity contribution in [2.45, 2.75) is 32.0 Å². The minimum Gasteiger partial charge on any atom is -0.372 e. The van der Waals surface area contributed by atoms with Gasteiger partial charge in [0.05, 0.1) is 12.2 Å². The molecule has 100 valence electrons. The lowest BCUT2D eigenvalue weighted by Gasteiger charge is -2.26. The first kappa shape index (κ1) is 13.4. The molecule has 3 nitrogen and oxygen atoms in total. The summed E-state index contributed by atoms with van der Waals surface area (Å²) < 4.78 is 6.05. The minimum absolute atomic E-state index is 0.378. The zero-order chi connectivity index (χ0) is 12.8. The van der Waals surface area contributed by atoms with Gasteiger partial charge < -0.3 is 15.0 Å². The topological polar surface area (TPSA) is 24.5 Å². The summed E-state index contributed by atoms with van der Waals surface area (Å²) in [5, 5.41) is 3.19. The first-order valence-electron chi connectivity index (χ1n) is 6.93. The summed E-state index contributed by atoms with van der Waals surface area (Å²) in [6, 6.07) is 10.6. The van der Waals surface area contributed by atoms with Crippen LogP contribution in [0.3, 0.4) is 0 Å². The molecule has 0 aromatic heterocycles. The van der Waals surface area contributed by atoms with Crippen LogP contribution in [0.25, 0.3) is 0 Å². The van der Waals surface area contributed by atoms with Crippen LogP contribution >= 0.6 is 0 Å². The highest BCUT2D eigenvalue weighted by Crippen LogP contribution is 2.22. The zero-order valence-corrected chi connectivity index (χ0v) is 11.4. The molecule has 0 saturated carbocycles. The smallest absolute Gasteiger partial charge is 0.0755 e. The molecule has 18 heavy (non-hydrogen) atoms. The van der Waals surface area contributed by atoms with Crippen molar-refractivity contribution < 1.29 is 4.74 Å². The highest BCUT2D eigenvalue weighted by atomic mass is 16.5. The summed E-state index contributed by atoms with van der Waals surface area (Å²) in [6.07, 6.45) is 3.13. The maximum absolute atomic E-state index is 6.05. The Labute approximate surface area is 110 Å². The van der Waals surface area contributed by atoms with Gasteiger partial charge in [0.2, 0.25) is 0 Å². The van der Waals surface area contributed by atoms with E-state index >= 15 is 0 Å². The van der Waals surface area contributed by atoms with E-state index in [0.29, 0.717) is 12.2 Å². The molecular formula is C15H24N2O. The standard InChI is InChI=1S/C15H24N2O/c1-3-17(13-7-5-4-6-8-13)12-15-10-9-14(18-15)11-16-2/h4-8,14-16H,3,9-12H2,1-2H3. The van der Waals surface area contributed by atoms with Gasteiger partial charge in [0.1, 0.15) is 0 Å². The Morgan fingerprint density at radius 3 is 2.61 bits per heavy atom. The normalized spacial score (nSPS) is 23.2. The van der Waals surface area contributed by atoms with Gasteiger partial charge in [0.15, 0.2) is 0 Å². The van der Waals surface area contributed by atoms with E-state index in [1.807, 2.05) is 7.05 Å². The molecule has 2 atom stereocenters. The summed E-state index contributed by atoms with van der Waals surface area (Å²) in [5.41, 5.74) is 1.29. The second-order valence-electron chi connectivity index (χ2n) is 4.89. The molecule has 1 heterocycles. The van der Waals surface area contributed by atoms with E-state index < -0.39 is 0 Å². The summed E-state index contributed by atoms with van der Waals surface area (Å²) in [4.78, 5) is 2.40. The van der Waals surface area contributed by atoms with Crippen LogP contribution in [0.4, 0.5) is 5.69 Å². The molecule has 0 amide bonds. The van der Waals surface area contributed by atoms with Crippen LogP contribution < -0.4 is 10.2 Å². The van der Waals surface area contributed by atoms with Crippen LogP contribution in [0.5, 0.6) is 0 Å². The molecule has 1 aliphatic heterocycles. The van der Waals surface area contributed by atoms with Crippen molar-refractivity contribution in [3.05, 3.63) is 30.3 Å². The van der Waals surface area contributed by atoms with Crippen LogP contribution in [-0.4, -0.2) is 38.9 Å². The predicted molar refractivity (Wildman–Crippen MR) is 76.2 cm³/mol. The van der Waals surface area contributed by atoms with Gasteiger partial charge >= 0.3 is 0 Å². The number of ether oxygens (including phenoxy) is 1. The molecule has 2 rings (SSSR count). The van der Waals surface area contributed by atoms with Crippen molar-refractivity contribution in [2.75, 3.05) is 31.6 Å². The SMILES string of the molecule is CCN(CC1CCC(CNC)O1)c1ccccc1. The Morgan fingerprint density at radius 1 is 1.22 bits per heavy atom. The second-order valence-corrected chi connectivity index (χ2v) is 4.89. The number of likely N-dealkylation sites (N-methyl/N-ethyl adjacent to an activating group) is 2. The van der Waals surface area contributed by atoms with Gasteiger partial charge in [-0.3, -0.25) is 0 Å². The minimum atomic E-state index is 0.378. The van der Waals surface area contributed by atoms with Crippen LogP contribution in [0.15, 0.2) is 30.3 Å². The average molecular weight is 248 g/mol. The first-order valence-corrected chi connectivity index (χ1v) is 6.93. The molecule has 3 heteroatoms. The van der Waals surface area contributed by atoms with E-state index in [-0.39, 0.29) is 0 Å². The maximum atomic E-state index is 6.05. The van der Waals surface area contributed by atoms with Crippen LogP contribution in [0.2, 0.25) is 0 Å². The maximum Gasteiger partial charge on any atom is 0.0755 e. The molecule has 0 aliphatic carbocycles. The van der Waals surface area contributed by atoms with Crippen molar-refractivity contribution in [1.82, 2.24) is 5.32 Å². The fourth-order valence-corrected chi connectivity index (χ4v) is 2.59. The first-order chi connectivity index (χ1) is 8.83. The zero-order valence-electron chi connectivity index (χ0n) is 11.4. The molecule has 1 aromatic carbocycles. The van der Waals surface area contributed by atoms with E-state index in [9.17, 15) is 0 Å². The molecule has 1 N–H and O–H groups in total. The van der Waals surface area contributed by atoms with Gasteiger partial charge in [0.25, 0.3) is 0 Å². The second kappa shape index (κ2) is 6.76. The molecular weight excluding hydrogens is 224 g/mol. The third-order valence-corrected chi connectivity index (χ3v) is 3.55. The van der Waals surface area contributed by atoms with Gasteiger partial charge in [-0.05, 0) is 38.9 Å². The van der Waals surface area contributed by atoms with E-state index in [0.717, 1.165) is 19.6 Å². The molecule has 1 aliphatic rings. The number of benzene rings is 1. The summed E-state index contributed by atoms with van der Waals surface area (Å²) >= 11 is 0. The van der Waals surface area contributed by atoms with Crippen LogP contribution in [0, 0.1) is 0 Å². The third kappa shape index (κ3) is 3.47. The van der Waals surface area contributed by atoms with Gasteiger partial charge in [-0.1, -0.05) is 18.2 Å². The largest absolute Gasteiger partial charge is 0.372 e. The van der Waals surface area contributed by atoms with Crippen molar-refractivity contribution in [2.24, 2.45) is 0 Å². The Bertz CT molecular complexity index is 342. The van der Waals surface area contributed by atoms with Crippen molar-refractivity contribution in [3.63, 3.8) is 0 Å². The molecule has 0 bridgehead atoms. The van der Waals surface area contributed by atoms with Crippen LogP contribution in [-0.2, 0) is 4.74 Å².